The fourth-order valence-corrected chi connectivity index (χ4v) is 8.40. The van der Waals surface area contributed by atoms with Crippen LogP contribution in [0.4, 0.5) is 11.4 Å². The quantitative estimate of drug-likeness (QED) is 0.422. The highest BCUT2D eigenvalue weighted by Crippen LogP contribution is 2.54. The first-order valence-electron chi connectivity index (χ1n) is 13.4. The van der Waals surface area contributed by atoms with E-state index in [1.165, 1.54) is 50.1 Å². The number of piperidine rings is 1. The van der Waals surface area contributed by atoms with Gasteiger partial charge in [0.05, 0.1) is 21.0 Å². The zero-order chi connectivity index (χ0) is 29.1. The molecule has 2 aromatic carbocycles. The third-order valence-electron chi connectivity index (χ3n) is 8.15. The first-order chi connectivity index (χ1) is 18.6. The fraction of sp³-hybridized carbons (Fsp3) is 0.500. The molecule has 1 aliphatic carbocycles. The van der Waals surface area contributed by atoms with Gasteiger partial charge in [0.25, 0.3) is 5.91 Å². The second-order valence-corrected chi connectivity index (χ2v) is 16.5. The topological polar surface area (TPSA) is 142 Å². The Labute approximate surface area is 235 Å². The molecule has 12 heteroatoms. The number of amides is 2. The Hall–Kier alpha value is -2.96. The maximum atomic E-state index is 13.6. The molecule has 3 aliphatic rings. The van der Waals surface area contributed by atoms with Gasteiger partial charge in [0, 0.05) is 30.9 Å². The van der Waals surface area contributed by atoms with Crippen molar-refractivity contribution in [3.05, 3.63) is 48.0 Å². The summed E-state index contributed by atoms with van der Waals surface area (Å²) in [7, 11) is -7.82. The minimum absolute atomic E-state index is 0.00976. The van der Waals surface area contributed by atoms with Crippen molar-refractivity contribution in [1.29, 1.82) is 0 Å². The smallest absolute Gasteiger partial charge is 0.257 e. The van der Waals surface area contributed by atoms with Crippen LogP contribution in [0.15, 0.2) is 52.3 Å². The van der Waals surface area contributed by atoms with Gasteiger partial charge in [0.15, 0.2) is 14.6 Å². The molecule has 2 heterocycles. The van der Waals surface area contributed by atoms with Crippen molar-refractivity contribution in [1.82, 2.24) is 10.0 Å². The van der Waals surface area contributed by atoms with Crippen molar-refractivity contribution < 1.29 is 26.4 Å². The Morgan fingerprint density at radius 3 is 2.17 bits per heavy atom. The van der Waals surface area contributed by atoms with Crippen LogP contribution in [0.3, 0.4) is 0 Å². The molecule has 0 aromatic heterocycles. The first kappa shape index (κ1) is 28.6. The van der Waals surface area contributed by atoms with Crippen molar-refractivity contribution in [3.63, 3.8) is 0 Å². The molecule has 0 radical (unpaired) electrons. The number of anilines is 2. The zero-order valence-corrected chi connectivity index (χ0v) is 24.8. The molecule has 1 unspecified atom stereocenters. The third kappa shape index (κ3) is 5.24. The lowest BCUT2D eigenvalue weighted by atomic mass is 9.93. The summed E-state index contributed by atoms with van der Waals surface area (Å²) < 4.78 is 53.6. The van der Waals surface area contributed by atoms with E-state index in [-0.39, 0.29) is 21.9 Å². The lowest BCUT2D eigenvalue weighted by Crippen LogP contribution is -2.66. The Kier molecular flexibility index (Phi) is 6.83. The van der Waals surface area contributed by atoms with E-state index in [1.807, 2.05) is 4.90 Å². The fourth-order valence-electron chi connectivity index (χ4n) is 5.32. The summed E-state index contributed by atoms with van der Waals surface area (Å²) in [5, 5.41) is 5.30. The molecule has 1 atom stereocenters. The van der Waals surface area contributed by atoms with E-state index in [2.05, 4.69) is 15.4 Å². The summed E-state index contributed by atoms with van der Waals surface area (Å²) in [6, 6.07) is 10.3. The first-order valence-corrected chi connectivity index (χ1v) is 16.4. The van der Waals surface area contributed by atoms with Crippen LogP contribution in [0.25, 0.3) is 0 Å². The van der Waals surface area contributed by atoms with Gasteiger partial charge >= 0.3 is 0 Å². The standard InChI is InChI=1S/C28H36N4O6S2/c1-26(2,3)31-40(37,38)21-7-5-6-19(16-21)30-24(33)22-9-8-20(39(35,36)27(4)18-29-25(27)34)17-23(22)32-14-12-28(10-11-28)13-15-32/h5-9,16-17,31H,10-15,18H2,1-4H3,(H,29,34)(H,30,33). The number of nitrogens with one attached hydrogen (secondary N) is 3. The highest BCUT2D eigenvalue weighted by molar-refractivity contribution is 7.93. The number of carbonyl (C=O) groups excluding carboxylic acids is 2. The van der Waals surface area contributed by atoms with Crippen molar-refractivity contribution in [2.24, 2.45) is 5.41 Å². The second kappa shape index (κ2) is 9.56. The summed E-state index contributed by atoms with van der Waals surface area (Å²) in [5.41, 5.74) is 0.733. The maximum Gasteiger partial charge on any atom is 0.257 e. The van der Waals surface area contributed by atoms with Crippen LogP contribution >= 0.6 is 0 Å². The molecular weight excluding hydrogens is 552 g/mol. The van der Waals surface area contributed by atoms with Gasteiger partial charge in [0.2, 0.25) is 15.9 Å². The van der Waals surface area contributed by atoms with Crippen LogP contribution in [-0.4, -0.2) is 58.6 Å². The third-order valence-corrected chi connectivity index (χ3v) is 12.3. The monoisotopic (exact) mass is 588 g/mol. The average molecular weight is 589 g/mol. The number of sulfonamides is 1. The van der Waals surface area contributed by atoms with Crippen molar-refractivity contribution >= 4 is 43.0 Å². The Morgan fingerprint density at radius 2 is 1.62 bits per heavy atom. The SMILES string of the molecule is CC(C)(C)NS(=O)(=O)c1cccc(NC(=O)c2ccc(S(=O)(=O)C3(C)CNC3=O)cc2N2CCC3(CC2)CC3)c1. The van der Waals surface area contributed by atoms with Crippen molar-refractivity contribution in [2.45, 2.75) is 73.5 Å². The number of carbonyl (C=O) groups is 2. The number of nitrogens with zero attached hydrogens (tertiary/aromatic N) is 1. The van der Waals surface area contributed by atoms with E-state index in [9.17, 15) is 26.4 Å². The zero-order valence-electron chi connectivity index (χ0n) is 23.2. The summed E-state index contributed by atoms with van der Waals surface area (Å²) in [4.78, 5) is 27.8. The van der Waals surface area contributed by atoms with E-state index in [0.29, 0.717) is 29.9 Å². The largest absolute Gasteiger partial charge is 0.371 e. The van der Waals surface area contributed by atoms with E-state index >= 15 is 0 Å². The van der Waals surface area contributed by atoms with Crippen LogP contribution in [0.5, 0.6) is 0 Å². The molecule has 3 N–H and O–H groups in total. The van der Waals surface area contributed by atoms with Crippen molar-refractivity contribution in [2.75, 3.05) is 29.9 Å². The molecule has 2 saturated heterocycles. The lowest BCUT2D eigenvalue weighted by Gasteiger charge is -2.37. The van der Waals surface area contributed by atoms with Gasteiger partial charge in [-0.1, -0.05) is 6.07 Å². The van der Waals surface area contributed by atoms with Gasteiger partial charge in [-0.3, -0.25) is 9.59 Å². The predicted octanol–water partition coefficient (Wildman–Crippen LogP) is 3.06. The molecule has 10 nitrogen and oxygen atoms in total. The highest BCUT2D eigenvalue weighted by Gasteiger charge is 2.54. The number of sulfone groups is 1. The normalized spacial score (nSPS) is 22.4. The average Bonchev–Trinajstić information content (AvgIpc) is 3.64. The van der Waals surface area contributed by atoms with Gasteiger partial charge in [0.1, 0.15) is 0 Å². The lowest BCUT2D eigenvalue weighted by molar-refractivity contribution is -0.128. The van der Waals surface area contributed by atoms with E-state index in [4.69, 9.17) is 0 Å². The van der Waals surface area contributed by atoms with Crippen LogP contribution in [0.2, 0.25) is 0 Å². The molecule has 2 aliphatic heterocycles. The van der Waals surface area contributed by atoms with Crippen LogP contribution in [0, 0.1) is 5.41 Å². The van der Waals surface area contributed by atoms with E-state index < -0.39 is 42.0 Å². The molecular formula is C28H36N4O6S2. The molecule has 216 valence electrons. The number of benzene rings is 2. The molecule has 3 fully saturated rings. The minimum atomic E-state index is -4.01. The van der Waals surface area contributed by atoms with Crippen LogP contribution in [0.1, 0.15) is 63.7 Å². The van der Waals surface area contributed by atoms with Gasteiger partial charge < -0.3 is 15.5 Å². The maximum absolute atomic E-state index is 13.6. The van der Waals surface area contributed by atoms with E-state index in [1.54, 1.807) is 32.9 Å². The summed E-state index contributed by atoms with van der Waals surface area (Å²) in [6.45, 7) is 8.04. The molecule has 1 spiro atoms. The predicted molar refractivity (Wildman–Crippen MR) is 153 cm³/mol. The van der Waals surface area contributed by atoms with Gasteiger partial charge in [-0.2, -0.15) is 0 Å². The van der Waals surface area contributed by atoms with Crippen molar-refractivity contribution in [3.8, 4) is 0 Å². The number of β-lactam (4-membered cyclic amide) rings is 1. The summed E-state index contributed by atoms with van der Waals surface area (Å²) in [6.07, 6.45) is 4.32. The molecule has 40 heavy (non-hydrogen) atoms. The van der Waals surface area contributed by atoms with E-state index in [0.717, 1.165) is 12.8 Å². The number of hydrogen-bond acceptors (Lipinski definition) is 7. The highest BCUT2D eigenvalue weighted by atomic mass is 32.2. The molecule has 0 bridgehead atoms. The Morgan fingerprint density at radius 1 is 0.950 bits per heavy atom. The number of rotatable bonds is 7. The summed E-state index contributed by atoms with van der Waals surface area (Å²) in [5.74, 6) is -1.03. The molecule has 1 saturated carbocycles. The van der Waals surface area contributed by atoms with Crippen LogP contribution < -0.4 is 20.3 Å². The number of hydrogen-bond donors (Lipinski definition) is 3. The minimum Gasteiger partial charge on any atom is -0.371 e. The van der Waals surface area contributed by atoms with Gasteiger partial charge in [-0.25, -0.2) is 21.6 Å². The van der Waals surface area contributed by atoms with Gasteiger partial charge in [-0.15, -0.1) is 0 Å². The Balaban J connectivity index is 1.47. The molecule has 2 amide bonds. The molecule has 2 aromatic rings. The molecule has 5 rings (SSSR count). The van der Waals surface area contributed by atoms with Gasteiger partial charge in [-0.05, 0) is 95.2 Å². The van der Waals surface area contributed by atoms with Crippen LogP contribution in [-0.2, 0) is 24.7 Å². The second-order valence-electron chi connectivity index (χ2n) is 12.4. The Bertz CT molecular complexity index is 1580. The summed E-state index contributed by atoms with van der Waals surface area (Å²) >= 11 is 0.